The Hall–Kier alpha value is -2.89. The molecule has 0 aromatic heterocycles. The van der Waals surface area contributed by atoms with E-state index in [0.717, 1.165) is 77.0 Å². The average molecular weight is 1060 g/mol. The third-order valence-corrected chi connectivity index (χ3v) is 14.4. The zero-order valence-corrected chi connectivity index (χ0v) is 48.7. The number of aliphatic hydroxyl groups excluding tert-OH is 5. The first-order valence-electron chi connectivity index (χ1n) is 31.5. The van der Waals surface area contributed by atoms with Gasteiger partial charge in [-0.1, -0.05) is 272 Å². The molecular weight excluding hydrogens is 947 g/mol. The molecule has 0 aromatic rings. The number of rotatable bonds is 53. The van der Waals surface area contributed by atoms with Crippen molar-refractivity contribution in [2.75, 3.05) is 13.2 Å². The quantitative estimate of drug-likeness (QED) is 0.0261. The van der Waals surface area contributed by atoms with Crippen LogP contribution in [0.5, 0.6) is 0 Å². The van der Waals surface area contributed by atoms with Crippen molar-refractivity contribution < 1.29 is 39.8 Å². The molecule has 9 nitrogen and oxygen atoms in total. The van der Waals surface area contributed by atoms with Crippen LogP contribution in [0.1, 0.15) is 264 Å². The fraction of sp³-hybridized carbons (Fsp3) is 0.746. The van der Waals surface area contributed by atoms with E-state index >= 15 is 0 Å². The molecular formula is C67H117NO8. The lowest BCUT2D eigenvalue weighted by Gasteiger charge is -2.40. The molecule has 7 atom stereocenters. The molecule has 76 heavy (non-hydrogen) atoms. The first-order valence-corrected chi connectivity index (χ1v) is 31.5. The van der Waals surface area contributed by atoms with E-state index in [4.69, 9.17) is 9.47 Å². The Morgan fingerprint density at radius 1 is 0.461 bits per heavy atom. The smallest absolute Gasteiger partial charge is 0.220 e. The van der Waals surface area contributed by atoms with Gasteiger partial charge in [-0.05, 0) is 83.5 Å². The van der Waals surface area contributed by atoms with Gasteiger partial charge in [0.15, 0.2) is 6.29 Å². The van der Waals surface area contributed by atoms with Crippen molar-refractivity contribution in [3.05, 3.63) is 97.2 Å². The molecule has 1 saturated heterocycles. The summed E-state index contributed by atoms with van der Waals surface area (Å²) in [5, 5.41) is 54.4. The van der Waals surface area contributed by atoms with Crippen molar-refractivity contribution in [1.29, 1.82) is 0 Å². The molecule has 0 saturated carbocycles. The number of carbonyl (C=O) groups excluding carboxylic acids is 1. The molecule has 1 amide bonds. The maximum absolute atomic E-state index is 13.0. The molecule has 438 valence electrons. The molecule has 0 radical (unpaired) electrons. The summed E-state index contributed by atoms with van der Waals surface area (Å²) >= 11 is 0. The average Bonchev–Trinajstić information content (AvgIpc) is 3.42. The molecule has 0 aliphatic carbocycles. The maximum Gasteiger partial charge on any atom is 0.220 e. The monoisotopic (exact) mass is 1060 g/mol. The SMILES string of the molecule is CC/C=C\C/C=C\C/C=C\C/C=C\C/C=C\C/C=C\CCCCCCCCCCCCCCCCCCCCCCCCC(=O)NC(COC1OC(CO)C(O)C(O)C1O)C(O)/C=C/CC/C=C/CCCCCCCC. The number of hydrogen-bond acceptors (Lipinski definition) is 8. The molecule has 0 aromatic carbocycles. The lowest BCUT2D eigenvalue weighted by molar-refractivity contribution is -0.302. The van der Waals surface area contributed by atoms with Crippen LogP contribution in [0.3, 0.4) is 0 Å². The van der Waals surface area contributed by atoms with Crippen molar-refractivity contribution in [1.82, 2.24) is 5.32 Å². The van der Waals surface area contributed by atoms with Gasteiger partial charge in [-0.15, -0.1) is 0 Å². The minimum Gasteiger partial charge on any atom is -0.394 e. The summed E-state index contributed by atoms with van der Waals surface area (Å²) in [4.78, 5) is 13.0. The van der Waals surface area contributed by atoms with Crippen LogP contribution in [-0.2, 0) is 14.3 Å². The molecule has 1 rings (SSSR count). The van der Waals surface area contributed by atoms with E-state index < -0.39 is 49.5 Å². The van der Waals surface area contributed by atoms with Gasteiger partial charge in [-0.25, -0.2) is 0 Å². The Morgan fingerprint density at radius 2 is 0.829 bits per heavy atom. The molecule has 0 spiro atoms. The number of allylic oxidation sites excluding steroid dienone is 15. The van der Waals surface area contributed by atoms with Gasteiger partial charge in [0.1, 0.15) is 24.4 Å². The molecule has 1 fully saturated rings. The third kappa shape index (κ3) is 44.0. The van der Waals surface area contributed by atoms with Gasteiger partial charge in [-0.3, -0.25) is 4.79 Å². The number of nitrogens with one attached hydrogen (secondary N) is 1. The Kier molecular flexibility index (Phi) is 51.9. The van der Waals surface area contributed by atoms with Gasteiger partial charge < -0.3 is 40.3 Å². The van der Waals surface area contributed by atoms with Crippen LogP contribution < -0.4 is 5.32 Å². The summed E-state index contributed by atoms with van der Waals surface area (Å²) in [5.74, 6) is -0.187. The van der Waals surface area contributed by atoms with Crippen LogP contribution in [0.15, 0.2) is 97.2 Å². The van der Waals surface area contributed by atoms with Crippen LogP contribution in [0.4, 0.5) is 0 Å². The molecule has 7 unspecified atom stereocenters. The standard InChI is InChI=1S/C67H117NO8/c1-3-5-7-9-11-13-15-17-18-19-20-21-22-23-24-25-26-27-28-29-30-31-32-33-34-35-36-37-38-39-40-41-42-43-44-45-47-49-51-53-55-57-63(71)68-60(59-75-67-66(74)65(73)64(72)62(58-69)76-67)61(70)56-54-52-50-48-46-16-14-12-10-8-6-4-2/h5,7,11,13,17-18,20-21,23-24,26-27,46,48,54,56,60-62,64-67,69-70,72-74H,3-4,6,8-10,12,14-16,19,22,25,28-45,47,49-53,55,57-59H2,1-2H3,(H,68,71)/b7-5-,13-11-,18-17-,21-20-,24-23-,27-26-,48-46+,56-54+. The second-order valence-corrected chi connectivity index (χ2v) is 21.5. The fourth-order valence-electron chi connectivity index (χ4n) is 9.47. The second-order valence-electron chi connectivity index (χ2n) is 21.5. The predicted molar refractivity (Wildman–Crippen MR) is 322 cm³/mol. The number of aliphatic hydroxyl groups is 5. The van der Waals surface area contributed by atoms with Gasteiger partial charge in [0.25, 0.3) is 0 Å². The largest absolute Gasteiger partial charge is 0.394 e. The first-order chi connectivity index (χ1) is 37.3. The van der Waals surface area contributed by atoms with E-state index in [1.807, 2.05) is 6.08 Å². The van der Waals surface area contributed by atoms with Gasteiger partial charge in [0.2, 0.25) is 5.91 Å². The molecule has 1 aliphatic rings. The van der Waals surface area contributed by atoms with Crippen LogP contribution in [0, 0.1) is 0 Å². The number of hydrogen-bond donors (Lipinski definition) is 6. The van der Waals surface area contributed by atoms with Gasteiger partial charge in [0.05, 0.1) is 25.4 Å². The van der Waals surface area contributed by atoms with Gasteiger partial charge >= 0.3 is 0 Å². The van der Waals surface area contributed by atoms with Crippen molar-refractivity contribution in [2.45, 2.75) is 307 Å². The Bertz CT molecular complexity index is 1510. The minimum atomic E-state index is -1.57. The van der Waals surface area contributed by atoms with Crippen LogP contribution in [-0.4, -0.2) is 87.5 Å². The predicted octanol–water partition coefficient (Wildman–Crippen LogP) is 16.4. The Morgan fingerprint density at radius 3 is 1.26 bits per heavy atom. The highest BCUT2D eigenvalue weighted by atomic mass is 16.7. The molecule has 1 aliphatic heterocycles. The maximum atomic E-state index is 13.0. The van der Waals surface area contributed by atoms with Crippen molar-refractivity contribution in [3.8, 4) is 0 Å². The van der Waals surface area contributed by atoms with E-state index in [9.17, 15) is 30.3 Å². The van der Waals surface area contributed by atoms with E-state index in [-0.39, 0.29) is 12.5 Å². The summed E-state index contributed by atoms with van der Waals surface area (Å²) in [6.45, 7) is 3.63. The topological polar surface area (TPSA) is 149 Å². The normalized spacial score (nSPS) is 19.5. The van der Waals surface area contributed by atoms with Crippen molar-refractivity contribution >= 4 is 5.91 Å². The summed E-state index contributed by atoms with van der Waals surface area (Å²) in [6.07, 6.45) is 73.7. The second kappa shape index (κ2) is 55.4. The highest BCUT2D eigenvalue weighted by Gasteiger charge is 2.44. The zero-order valence-electron chi connectivity index (χ0n) is 48.7. The van der Waals surface area contributed by atoms with Crippen LogP contribution in [0.25, 0.3) is 0 Å². The minimum absolute atomic E-state index is 0.187. The highest BCUT2D eigenvalue weighted by Crippen LogP contribution is 2.23. The summed E-state index contributed by atoms with van der Waals surface area (Å²) in [7, 11) is 0. The number of amides is 1. The van der Waals surface area contributed by atoms with Crippen molar-refractivity contribution in [2.24, 2.45) is 0 Å². The summed E-state index contributed by atoms with van der Waals surface area (Å²) in [5.41, 5.74) is 0. The first kappa shape index (κ1) is 71.1. The number of ether oxygens (including phenoxy) is 2. The molecule has 1 heterocycles. The summed E-state index contributed by atoms with van der Waals surface area (Å²) < 4.78 is 11.2. The third-order valence-electron chi connectivity index (χ3n) is 14.4. The number of unbranched alkanes of at least 4 members (excludes halogenated alkanes) is 29. The lowest BCUT2D eigenvalue weighted by atomic mass is 9.99. The van der Waals surface area contributed by atoms with E-state index in [0.29, 0.717) is 6.42 Å². The van der Waals surface area contributed by atoms with Gasteiger partial charge in [-0.2, -0.15) is 0 Å². The van der Waals surface area contributed by atoms with Crippen LogP contribution in [0.2, 0.25) is 0 Å². The van der Waals surface area contributed by atoms with Gasteiger partial charge in [0, 0.05) is 6.42 Å². The zero-order chi connectivity index (χ0) is 55.0. The molecule has 0 bridgehead atoms. The Balaban J connectivity index is 2.04. The summed E-state index contributed by atoms with van der Waals surface area (Å²) in [6, 6.07) is -0.823. The molecule has 6 N–H and O–H groups in total. The lowest BCUT2D eigenvalue weighted by Crippen LogP contribution is -2.60. The Labute approximate surface area is 466 Å². The number of carbonyl (C=O) groups is 1. The molecule has 9 heteroatoms. The van der Waals surface area contributed by atoms with Crippen LogP contribution >= 0.6 is 0 Å². The van der Waals surface area contributed by atoms with Crippen molar-refractivity contribution in [3.63, 3.8) is 0 Å². The van der Waals surface area contributed by atoms with E-state index in [1.165, 1.54) is 167 Å². The van der Waals surface area contributed by atoms with E-state index in [1.54, 1.807) is 6.08 Å². The highest BCUT2D eigenvalue weighted by molar-refractivity contribution is 5.76. The fourth-order valence-corrected chi connectivity index (χ4v) is 9.47. The van der Waals surface area contributed by atoms with E-state index in [2.05, 4.69) is 104 Å².